The van der Waals surface area contributed by atoms with Crippen LogP contribution in [0, 0.1) is 0 Å². The first-order chi connectivity index (χ1) is 30.5. The van der Waals surface area contributed by atoms with E-state index in [-0.39, 0.29) is 0 Å². The average molecular weight is 859 g/mol. The second kappa shape index (κ2) is 17.2. The molecular formula is C54H36F6N2S. The third-order valence-corrected chi connectivity index (χ3v) is 12.0. The summed E-state index contributed by atoms with van der Waals surface area (Å²) in [6, 6.07) is 66.2. The van der Waals surface area contributed by atoms with Crippen molar-refractivity contribution in [3.63, 3.8) is 0 Å². The number of hydrogen-bond donors (Lipinski definition) is 0. The minimum Gasteiger partial charge on any atom is -0.311 e. The quantitative estimate of drug-likeness (QED) is 0.126. The smallest absolute Gasteiger partial charge is 0.311 e. The van der Waals surface area contributed by atoms with E-state index in [1.807, 2.05) is 168 Å². The topological polar surface area (TPSA) is 6.48 Å². The van der Waals surface area contributed by atoms with Crippen molar-refractivity contribution in [1.82, 2.24) is 0 Å². The van der Waals surface area contributed by atoms with Gasteiger partial charge >= 0.3 is 12.4 Å². The van der Waals surface area contributed by atoms with Crippen LogP contribution in [-0.4, -0.2) is 0 Å². The Balaban J connectivity index is 0.985. The minimum absolute atomic E-state index is 0.589. The van der Waals surface area contributed by atoms with E-state index in [0.29, 0.717) is 11.4 Å². The van der Waals surface area contributed by atoms with Crippen LogP contribution in [0.25, 0.3) is 43.1 Å². The van der Waals surface area contributed by atoms with Crippen LogP contribution in [0.4, 0.5) is 60.5 Å². The van der Waals surface area contributed by atoms with Gasteiger partial charge in [-0.15, -0.1) is 11.3 Å². The standard InChI is InChI=1S/C54H36F6N2S/c55-53(56,57)43-19-31-49(32-20-43)61(45-23-11-39(12-24-45)37-7-3-1-4-8-37)47-27-15-41(16-28-47)51-35-36-52(63-51)42-17-29-48(30-18-42)62(50-33-21-44(22-34-50)54(58,59)60)46-25-13-40(14-26-46)38-9-5-2-6-10-38/h1-36H. The predicted octanol–water partition coefficient (Wildman–Crippen LogP) is 17.4. The summed E-state index contributed by atoms with van der Waals surface area (Å²) in [4.78, 5) is 5.93. The molecular weight excluding hydrogens is 823 g/mol. The number of benzene rings is 8. The fourth-order valence-electron chi connectivity index (χ4n) is 7.56. The Morgan fingerprint density at radius 3 is 0.762 bits per heavy atom. The number of anilines is 6. The number of thiophene rings is 1. The molecule has 0 radical (unpaired) electrons. The highest BCUT2D eigenvalue weighted by molar-refractivity contribution is 7.18. The van der Waals surface area contributed by atoms with Crippen LogP contribution >= 0.6 is 11.3 Å². The highest BCUT2D eigenvalue weighted by Gasteiger charge is 2.31. The van der Waals surface area contributed by atoms with Crippen molar-refractivity contribution >= 4 is 45.5 Å². The van der Waals surface area contributed by atoms with Crippen molar-refractivity contribution in [3.8, 4) is 43.1 Å². The van der Waals surface area contributed by atoms with Gasteiger partial charge in [-0.25, -0.2) is 0 Å². The largest absolute Gasteiger partial charge is 0.416 e. The molecule has 0 N–H and O–H groups in total. The maximum absolute atomic E-state index is 13.5. The second-order valence-corrected chi connectivity index (χ2v) is 15.9. The second-order valence-electron chi connectivity index (χ2n) is 14.8. The van der Waals surface area contributed by atoms with Crippen LogP contribution in [0.5, 0.6) is 0 Å². The minimum atomic E-state index is -4.45. The summed E-state index contributed by atoms with van der Waals surface area (Å²) in [6.07, 6.45) is -8.90. The molecule has 0 bridgehead atoms. The van der Waals surface area contributed by atoms with Crippen LogP contribution in [0.2, 0.25) is 0 Å². The third kappa shape index (κ3) is 9.01. The Morgan fingerprint density at radius 2 is 0.492 bits per heavy atom. The highest BCUT2D eigenvalue weighted by Crippen LogP contribution is 2.42. The van der Waals surface area contributed by atoms with Crippen molar-refractivity contribution in [2.75, 3.05) is 9.80 Å². The molecule has 0 spiro atoms. The summed E-state index contributed by atoms with van der Waals surface area (Å²) < 4.78 is 81.1. The van der Waals surface area contributed by atoms with Gasteiger partial charge < -0.3 is 9.80 Å². The van der Waals surface area contributed by atoms with Gasteiger partial charge in [-0.1, -0.05) is 109 Å². The molecule has 0 atom stereocenters. The average Bonchev–Trinajstić information content (AvgIpc) is 3.81. The van der Waals surface area contributed by atoms with E-state index >= 15 is 0 Å². The van der Waals surface area contributed by atoms with Gasteiger partial charge in [0.25, 0.3) is 0 Å². The lowest BCUT2D eigenvalue weighted by Crippen LogP contribution is -2.11. The lowest BCUT2D eigenvalue weighted by Gasteiger charge is -2.26. The molecule has 0 aliphatic rings. The van der Waals surface area contributed by atoms with E-state index in [1.54, 1.807) is 11.3 Å². The van der Waals surface area contributed by atoms with Crippen LogP contribution in [0.3, 0.4) is 0 Å². The fraction of sp³-hybridized carbons (Fsp3) is 0.0370. The molecule has 0 unspecified atom stereocenters. The zero-order valence-corrected chi connectivity index (χ0v) is 34.2. The normalized spacial score (nSPS) is 11.7. The molecule has 9 heteroatoms. The molecule has 310 valence electrons. The molecule has 8 aromatic carbocycles. The Kier molecular flexibility index (Phi) is 11.2. The van der Waals surface area contributed by atoms with Gasteiger partial charge in [-0.3, -0.25) is 0 Å². The molecule has 9 rings (SSSR count). The molecule has 1 aromatic heterocycles. The maximum Gasteiger partial charge on any atom is 0.416 e. The molecule has 0 aliphatic heterocycles. The first-order valence-corrected chi connectivity index (χ1v) is 20.9. The molecule has 0 fully saturated rings. The van der Waals surface area contributed by atoms with Crippen LogP contribution in [0.15, 0.2) is 218 Å². The van der Waals surface area contributed by atoms with Gasteiger partial charge in [0.05, 0.1) is 11.1 Å². The predicted molar refractivity (Wildman–Crippen MR) is 245 cm³/mol. The summed E-state index contributed by atoms with van der Waals surface area (Å²) >= 11 is 1.62. The molecule has 0 amide bonds. The van der Waals surface area contributed by atoms with Crippen LogP contribution in [0.1, 0.15) is 11.1 Å². The Bertz CT molecular complexity index is 2710. The van der Waals surface area contributed by atoms with Crippen molar-refractivity contribution in [2.24, 2.45) is 0 Å². The fourth-order valence-corrected chi connectivity index (χ4v) is 8.58. The number of alkyl halides is 6. The van der Waals surface area contributed by atoms with E-state index < -0.39 is 23.5 Å². The molecule has 9 aromatic rings. The SMILES string of the molecule is FC(F)(F)c1ccc(N(c2ccc(-c3ccccc3)cc2)c2ccc(-c3ccc(-c4ccc(N(c5ccc(-c6ccccc6)cc5)c5ccc(C(F)(F)F)cc5)cc4)s3)cc2)cc1. The van der Waals surface area contributed by atoms with Gasteiger partial charge in [0.1, 0.15) is 0 Å². The van der Waals surface area contributed by atoms with Crippen molar-refractivity contribution in [3.05, 3.63) is 230 Å². The number of rotatable bonds is 10. The molecule has 0 aliphatic carbocycles. The molecule has 63 heavy (non-hydrogen) atoms. The number of nitrogens with zero attached hydrogens (tertiary/aromatic N) is 2. The summed E-state index contributed by atoms with van der Waals surface area (Å²) in [5, 5.41) is 0. The van der Waals surface area contributed by atoms with Crippen molar-refractivity contribution in [2.45, 2.75) is 12.4 Å². The van der Waals surface area contributed by atoms with Gasteiger partial charge in [-0.05, 0) is 143 Å². The first-order valence-electron chi connectivity index (χ1n) is 20.0. The maximum atomic E-state index is 13.5. The lowest BCUT2D eigenvalue weighted by molar-refractivity contribution is -0.138. The third-order valence-electron chi connectivity index (χ3n) is 10.8. The van der Waals surface area contributed by atoms with E-state index in [0.717, 1.165) is 90.2 Å². The molecule has 1 heterocycles. The van der Waals surface area contributed by atoms with Gasteiger partial charge in [0, 0.05) is 43.9 Å². The Hall–Kier alpha value is -7.36. The highest BCUT2D eigenvalue weighted by atomic mass is 32.1. The number of hydrogen-bond acceptors (Lipinski definition) is 3. The van der Waals surface area contributed by atoms with Crippen molar-refractivity contribution in [1.29, 1.82) is 0 Å². The van der Waals surface area contributed by atoms with Crippen LogP contribution < -0.4 is 9.80 Å². The molecule has 0 saturated carbocycles. The van der Waals surface area contributed by atoms with Crippen LogP contribution in [-0.2, 0) is 12.4 Å². The van der Waals surface area contributed by atoms with Gasteiger partial charge in [0.15, 0.2) is 0 Å². The summed E-state index contributed by atoms with van der Waals surface area (Å²) in [5.74, 6) is 0. The summed E-state index contributed by atoms with van der Waals surface area (Å²) in [5.41, 5.74) is 9.03. The zero-order chi connectivity index (χ0) is 43.6. The van der Waals surface area contributed by atoms with E-state index in [1.165, 1.54) is 24.3 Å². The summed E-state index contributed by atoms with van der Waals surface area (Å²) in [7, 11) is 0. The lowest BCUT2D eigenvalue weighted by atomic mass is 10.0. The Morgan fingerprint density at radius 1 is 0.254 bits per heavy atom. The summed E-state index contributed by atoms with van der Waals surface area (Å²) in [6.45, 7) is 0. The van der Waals surface area contributed by atoms with Gasteiger partial charge in [-0.2, -0.15) is 26.3 Å². The monoisotopic (exact) mass is 858 g/mol. The van der Waals surface area contributed by atoms with Gasteiger partial charge in [0.2, 0.25) is 0 Å². The molecule has 0 saturated heterocycles. The van der Waals surface area contributed by atoms with E-state index in [9.17, 15) is 26.3 Å². The zero-order valence-electron chi connectivity index (χ0n) is 33.4. The number of halogens is 6. The first kappa shape index (κ1) is 41.0. The van der Waals surface area contributed by atoms with Crippen molar-refractivity contribution < 1.29 is 26.3 Å². The Labute approximate surface area is 365 Å². The van der Waals surface area contributed by atoms with E-state index in [2.05, 4.69) is 12.1 Å². The van der Waals surface area contributed by atoms with E-state index in [4.69, 9.17) is 0 Å². The molecule has 2 nitrogen and oxygen atoms in total.